The lowest BCUT2D eigenvalue weighted by Gasteiger charge is -2.09. The highest BCUT2D eigenvalue weighted by Crippen LogP contribution is 2.50. The van der Waals surface area contributed by atoms with Gasteiger partial charge >= 0.3 is 0 Å². The number of pyridine rings is 1. The molecule has 110 valence electrons. The van der Waals surface area contributed by atoms with Crippen LogP contribution in [0.15, 0.2) is 12.1 Å². The quantitative estimate of drug-likeness (QED) is 0.846. The average molecular weight is 296 g/mol. The largest absolute Gasteiger partial charge is 0.370 e. The number of halogens is 1. The lowest BCUT2D eigenvalue weighted by atomic mass is 10.1. The second-order valence-electron chi connectivity index (χ2n) is 6.05. The van der Waals surface area contributed by atoms with Gasteiger partial charge in [0.2, 0.25) is 0 Å². The molecule has 0 radical (unpaired) electrons. The van der Waals surface area contributed by atoms with E-state index in [1.165, 1.54) is 0 Å². The molecule has 2 rings (SSSR count). The number of carbonyl (C=O) groups is 1. The highest BCUT2D eigenvalue weighted by molar-refractivity contribution is 6.33. The number of nitrogens with zero attached hydrogens (tertiary/aromatic N) is 1. The molecular weight excluding hydrogens is 274 g/mol. The highest BCUT2D eigenvalue weighted by atomic mass is 35.5. The van der Waals surface area contributed by atoms with Crippen molar-refractivity contribution < 1.29 is 4.79 Å². The minimum Gasteiger partial charge on any atom is -0.370 e. The van der Waals surface area contributed by atoms with Gasteiger partial charge in [0.15, 0.2) is 0 Å². The number of aromatic nitrogens is 1. The van der Waals surface area contributed by atoms with E-state index in [-0.39, 0.29) is 5.91 Å². The van der Waals surface area contributed by atoms with Crippen molar-refractivity contribution in [2.45, 2.75) is 33.6 Å². The molecule has 1 fully saturated rings. The summed E-state index contributed by atoms with van der Waals surface area (Å²) in [5, 5.41) is 6.47. The normalized spacial score (nSPS) is 19.5. The van der Waals surface area contributed by atoms with Gasteiger partial charge in [0.05, 0.1) is 5.02 Å². The highest BCUT2D eigenvalue weighted by Gasteiger charge is 2.45. The Labute approximate surface area is 125 Å². The van der Waals surface area contributed by atoms with Gasteiger partial charge in [-0.05, 0) is 36.3 Å². The molecule has 5 heteroatoms. The van der Waals surface area contributed by atoms with E-state index in [2.05, 4.69) is 36.4 Å². The SMILES string of the molecule is CCCNc1ccc(Cl)c(C(=O)NCC2CC2(C)C)n1. The molecule has 1 heterocycles. The summed E-state index contributed by atoms with van der Waals surface area (Å²) in [6.07, 6.45) is 2.16. The van der Waals surface area contributed by atoms with Gasteiger partial charge in [-0.2, -0.15) is 0 Å². The van der Waals surface area contributed by atoms with Gasteiger partial charge < -0.3 is 10.6 Å². The number of hydrogen-bond donors (Lipinski definition) is 2. The standard InChI is InChI=1S/C15H22ClN3O/c1-4-7-17-12-6-5-11(16)13(19-12)14(20)18-9-10-8-15(10,2)3/h5-6,10H,4,7-9H2,1-3H3,(H,17,19)(H,18,20). The fourth-order valence-corrected chi connectivity index (χ4v) is 2.37. The first-order chi connectivity index (χ1) is 9.44. The van der Waals surface area contributed by atoms with Crippen molar-refractivity contribution >= 4 is 23.3 Å². The molecule has 0 aromatic carbocycles. The van der Waals surface area contributed by atoms with E-state index >= 15 is 0 Å². The predicted molar refractivity (Wildman–Crippen MR) is 82.2 cm³/mol. The van der Waals surface area contributed by atoms with E-state index in [9.17, 15) is 4.79 Å². The molecule has 0 bridgehead atoms. The van der Waals surface area contributed by atoms with Crippen molar-refractivity contribution in [1.82, 2.24) is 10.3 Å². The Bertz CT molecular complexity index is 502. The van der Waals surface area contributed by atoms with E-state index in [1.807, 2.05) is 0 Å². The third-order valence-corrected chi connectivity index (χ3v) is 4.15. The van der Waals surface area contributed by atoms with Crippen LogP contribution in [-0.4, -0.2) is 24.0 Å². The van der Waals surface area contributed by atoms with Crippen LogP contribution in [0.5, 0.6) is 0 Å². The maximum atomic E-state index is 12.1. The van der Waals surface area contributed by atoms with Crippen molar-refractivity contribution in [3.63, 3.8) is 0 Å². The van der Waals surface area contributed by atoms with Crippen LogP contribution in [0, 0.1) is 11.3 Å². The first kappa shape index (κ1) is 15.1. The Hall–Kier alpha value is -1.29. The van der Waals surface area contributed by atoms with E-state index in [0.29, 0.717) is 34.4 Å². The zero-order valence-electron chi connectivity index (χ0n) is 12.3. The third kappa shape index (κ3) is 3.63. The van der Waals surface area contributed by atoms with Crippen molar-refractivity contribution in [1.29, 1.82) is 0 Å². The lowest BCUT2D eigenvalue weighted by Crippen LogP contribution is -2.28. The Balaban J connectivity index is 1.97. The molecule has 1 atom stereocenters. The summed E-state index contributed by atoms with van der Waals surface area (Å²) in [5.41, 5.74) is 0.654. The smallest absolute Gasteiger partial charge is 0.271 e. The molecule has 1 amide bonds. The zero-order chi connectivity index (χ0) is 14.8. The minimum atomic E-state index is -0.196. The topological polar surface area (TPSA) is 54.0 Å². The first-order valence-electron chi connectivity index (χ1n) is 7.12. The number of carbonyl (C=O) groups excluding carboxylic acids is 1. The summed E-state index contributed by atoms with van der Waals surface area (Å²) >= 11 is 6.06. The van der Waals surface area contributed by atoms with E-state index in [1.54, 1.807) is 12.1 Å². The third-order valence-electron chi connectivity index (χ3n) is 3.84. The van der Waals surface area contributed by atoms with Crippen LogP contribution < -0.4 is 10.6 Å². The van der Waals surface area contributed by atoms with Crippen LogP contribution in [0.3, 0.4) is 0 Å². The maximum Gasteiger partial charge on any atom is 0.271 e. The number of hydrogen-bond acceptors (Lipinski definition) is 3. The number of nitrogens with one attached hydrogen (secondary N) is 2. The Morgan fingerprint density at radius 1 is 1.50 bits per heavy atom. The fraction of sp³-hybridized carbons (Fsp3) is 0.600. The van der Waals surface area contributed by atoms with Crippen molar-refractivity contribution in [2.75, 3.05) is 18.4 Å². The second-order valence-corrected chi connectivity index (χ2v) is 6.46. The summed E-state index contributed by atoms with van der Waals surface area (Å²) in [5.74, 6) is 1.05. The summed E-state index contributed by atoms with van der Waals surface area (Å²) in [6, 6.07) is 3.50. The van der Waals surface area contributed by atoms with Crippen molar-refractivity contribution in [3.8, 4) is 0 Å². The van der Waals surface area contributed by atoms with Crippen LogP contribution in [0.25, 0.3) is 0 Å². The van der Waals surface area contributed by atoms with Crippen LogP contribution in [0.2, 0.25) is 5.02 Å². The number of anilines is 1. The van der Waals surface area contributed by atoms with Gasteiger partial charge in [-0.1, -0.05) is 32.4 Å². The van der Waals surface area contributed by atoms with Gasteiger partial charge in [-0.25, -0.2) is 4.98 Å². The molecule has 0 spiro atoms. The molecule has 1 saturated carbocycles. The Kier molecular flexibility index (Phi) is 4.53. The molecule has 4 nitrogen and oxygen atoms in total. The van der Waals surface area contributed by atoms with Crippen LogP contribution in [0.1, 0.15) is 44.1 Å². The molecule has 1 aromatic rings. The lowest BCUT2D eigenvalue weighted by molar-refractivity contribution is 0.0946. The van der Waals surface area contributed by atoms with Gasteiger partial charge in [0.1, 0.15) is 11.5 Å². The van der Waals surface area contributed by atoms with Gasteiger partial charge in [0, 0.05) is 13.1 Å². The Morgan fingerprint density at radius 3 is 2.80 bits per heavy atom. The summed E-state index contributed by atoms with van der Waals surface area (Å²) in [4.78, 5) is 16.4. The molecular formula is C15H22ClN3O. The fourth-order valence-electron chi connectivity index (χ4n) is 2.18. The molecule has 20 heavy (non-hydrogen) atoms. The monoisotopic (exact) mass is 295 g/mol. The average Bonchev–Trinajstić information content (AvgIpc) is 3.02. The molecule has 0 saturated heterocycles. The zero-order valence-corrected chi connectivity index (χ0v) is 13.0. The predicted octanol–water partition coefficient (Wildman–Crippen LogP) is 3.33. The van der Waals surface area contributed by atoms with E-state index in [4.69, 9.17) is 11.6 Å². The van der Waals surface area contributed by atoms with Crippen LogP contribution in [-0.2, 0) is 0 Å². The van der Waals surface area contributed by atoms with Crippen LogP contribution >= 0.6 is 11.6 Å². The molecule has 1 unspecified atom stereocenters. The second kappa shape index (κ2) is 6.00. The molecule has 0 aliphatic heterocycles. The molecule has 1 aromatic heterocycles. The molecule has 2 N–H and O–H groups in total. The summed E-state index contributed by atoms with van der Waals surface area (Å²) in [7, 11) is 0. The number of amides is 1. The molecule has 1 aliphatic carbocycles. The van der Waals surface area contributed by atoms with Crippen LogP contribution in [0.4, 0.5) is 5.82 Å². The summed E-state index contributed by atoms with van der Waals surface area (Å²) in [6.45, 7) is 8.02. The number of rotatable bonds is 6. The van der Waals surface area contributed by atoms with Gasteiger partial charge in [0.25, 0.3) is 5.91 Å². The van der Waals surface area contributed by atoms with Crippen molar-refractivity contribution in [2.24, 2.45) is 11.3 Å². The molecule has 1 aliphatic rings. The minimum absolute atomic E-state index is 0.196. The Morgan fingerprint density at radius 2 is 2.20 bits per heavy atom. The van der Waals surface area contributed by atoms with E-state index < -0.39 is 0 Å². The maximum absolute atomic E-state index is 12.1. The van der Waals surface area contributed by atoms with Gasteiger partial charge in [-0.3, -0.25) is 4.79 Å². The van der Waals surface area contributed by atoms with Crippen molar-refractivity contribution in [3.05, 3.63) is 22.8 Å². The van der Waals surface area contributed by atoms with Gasteiger partial charge in [-0.15, -0.1) is 0 Å². The summed E-state index contributed by atoms with van der Waals surface area (Å²) < 4.78 is 0. The van der Waals surface area contributed by atoms with E-state index in [0.717, 1.165) is 19.4 Å². The first-order valence-corrected chi connectivity index (χ1v) is 7.50.